The van der Waals surface area contributed by atoms with Gasteiger partial charge in [-0.1, -0.05) is 42.5 Å². The summed E-state index contributed by atoms with van der Waals surface area (Å²) in [4.78, 5) is 13.1. The Labute approximate surface area is 225 Å². The van der Waals surface area contributed by atoms with Crippen LogP contribution < -0.4 is 0 Å². The van der Waals surface area contributed by atoms with Crippen molar-refractivity contribution >= 4 is 5.69 Å². The van der Waals surface area contributed by atoms with Crippen LogP contribution in [-0.4, -0.2) is 32.4 Å². The molecule has 1 aromatic heterocycles. The number of aromatic nitrogens is 2. The van der Waals surface area contributed by atoms with E-state index in [2.05, 4.69) is 22.0 Å². The molecule has 0 bridgehead atoms. The zero-order chi connectivity index (χ0) is 25.2. The third-order valence-electron chi connectivity index (χ3n) is 4.99. The van der Waals surface area contributed by atoms with Crippen LogP contribution in [-0.2, 0) is 20.1 Å². The molecule has 4 rings (SSSR count). The van der Waals surface area contributed by atoms with Crippen LogP contribution >= 0.6 is 0 Å². The van der Waals surface area contributed by atoms with Gasteiger partial charge in [0.2, 0.25) is 0 Å². The second-order valence-electron chi connectivity index (χ2n) is 7.98. The van der Waals surface area contributed by atoms with Crippen LogP contribution in [0, 0.1) is 24.0 Å². The van der Waals surface area contributed by atoms with Gasteiger partial charge in [0.1, 0.15) is 0 Å². The zero-order valence-corrected chi connectivity index (χ0v) is 22.3. The minimum absolute atomic E-state index is 0. The molecule has 7 heteroatoms. The molecule has 1 heterocycles. The molecule has 4 aromatic rings. The fraction of sp³-hybridized carbons (Fsp3) is 0.172. The predicted molar refractivity (Wildman–Crippen MR) is 136 cm³/mol. The van der Waals surface area contributed by atoms with E-state index >= 15 is 0 Å². The van der Waals surface area contributed by atoms with Gasteiger partial charge in [0.15, 0.2) is 5.69 Å². The van der Waals surface area contributed by atoms with Crippen molar-refractivity contribution < 1.29 is 30.3 Å². The second kappa shape index (κ2) is 14.0. The SMILES string of the molecule is CC(O)CC(C)O.[C-]#[N+]c1ccc(C#N)cc1-c1cnc(-c2[c-]cccc2)c(-c2ccccc2)n1.[Ir]. The molecule has 2 atom stereocenters. The summed E-state index contributed by atoms with van der Waals surface area (Å²) in [6.45, 7) is 10.8. The van der Waals surface area contributed by atoms with Gasteiger partial charge in [0.25, 0.3) is 0 Å². The third-order valence-corrected chi connectivity index (χ3v) is 4.99. The summed E-state index contributed by atoms with van der Waals surface area (Å²) in [5.74, 6) is 0. The molecule has 0 aliphatic carbocycles. The standard InChI is InChI=1S/C24H13N4.C5H12O2.Ir/c1-26-21-13-12-17(15-25)14-20(21)22-16-27-23(18-8-4-2-5-9-18)24(28-22)19-10-6-3-7-11-19;1-4(6)3-5(2)7;/h2-8,10-14,16H;4-7H,3H2,1-2H3;/q-1;;. The molecule has 0 aliphatic rings. The van der Waals surface area contributed by atoms with Gasteiger partial charge in [-0.2, -0.15) is 5.26 Å². The fourth-order valence-corrected chi connectivity index (χ4v) is 3.46. The molecular formula is C29H25IrN4O2-. The number of hydrogen-bond donors (Lipinski definition) is 2. The summed E-state index contributed by atoms with van der Waals surface area (Å²) in [5, 5.41) is 26.4. The molecular weight excluding hydrogens is 629 g/mol. The monoisotopic (exact) mass is 654 g/mol. The molecule has 2 N–H and O–H groups in total. The van der Waals surface area contributed by atoms with Crippen LogP contribution in [0.4, 0.5) is 5.69 Å². The summed E-state index contributed by atoms with van der Waals surface area (Å²) >= 11 is 0. The Morgan fingerprint density at radius 1 is 1.00 bits per heavy atom. The van der Waals surface area contributed by atoms with E-state index in [4.69, 9.17) is 21.8 Å². The fourth-order valence-electron chi connectivity index (χ4n) is 3.46. The molecule has 0 saturated heterocycles. The van der Waals surface area contributed by atoms with Crippen molar-refractivity contribution in [2.45, 2.75) is 32.5 Å². The maximum Gasteiger partial charge on any atom is 0.196 e. The summed E-state index contributed by atoms with van der Waals surface area (Å²) < 4.78 is 0. The van der Waals surface area contributed by atoms with E-state index in [0.29, 0.717) is 34.6 Å². The quantitative estimate of drug-likeness (QED) is 0.264. The molecule has 0 spiro atoms. The van der Waals surface area contributed by atoms with Crippen molar-refractivity contribution in [3.8, 4) is 39.8 Å². The van der Waals surface area contributed by atoms with Crippen molar-refractivity contribution in [1.29, 1.82) is 5.26 Å². The van der Waals surface area contributed by atoms with Gasteiger partial charge in [0, 0.05) is 37.6 Å². The summed E-state index contributed by atoms with van der Waals surface area (Å²) in [5.41, 5.74) is 5.26. The maximum atomic E-state index is 9.23. The van der Waals surface area contributed by atoms with E-state index in [1.54, 1.807) is 38.2 Å². The number of rotatable bonds is 5. The Bertz CT molecular complexity index is 1340. The van der Waals surface area contributed by atoms with E-state index in [9.17, 15) is 5.26 Å². The van der Waals surface area contributed by atoms with Crippen LogP contribution in [0.1, 0.15) is 25.8 Å². The molecule has 183 valence electrons. The van der Waals surface area contributed by atoms with Crippen LogP contribution in [0.5, 0.6) is 0 Å². The first-order valence-electron chi connectivity index (χ1n) is 11.1. The van der Waals surface area contributed by atoms with E-state index < -0.39 is 0 Å². The first-order valence-corrected chi connectivity index (χ1v) is 11.1. The average Bonchev–Trinajstić information content (AvgIpc) is 2.88. The molecule has 3 aromatic carbocycles. The van der Waals surface area contributed by atoms with Gasteiger partial charge in [-0.15, -0.1) is 35.9 Å². The smallest absolute Gasteiger partial charge is 0.196 e. The van der Waals surface area contributed by atoms with E-state index in [1.165, 1.54) is 0 Å². The Kier molecular flexibility index (Phi) is 11.1. The topological polar surface area (TPSA) is 94.4 Å². The Morgan fingerprint density at radius 3 is 2.25 bits per heavy atom. The normalized spacial score (nSPS) is 11.5. The van der Waals surface area contributed by atoms with Crippen molar-refractivity contribution in [3.63, 3.8) is 0 Å². The Balaban J connectivity index is 0.000000503. The van der Waals surface area contributed by atoms with Gasteiger partial charge in [-0.3, -0.25) is 4.98 Å². The van der Waals surface area contributed by atoms with Crippen molar-refractivity contribution in [2.24, 2.45) is 0 Å². The van der Waals surface area contributed by atoms with E-state index in [1.807, 2.05) is 54.6 Å². The Morgan fingerprint density at radius 2 is 1.69 bits per heavy atom. The molecule has 0 saturated carbocycles. The molecule has 0 aliphatic heterocycles. The van der Waals surface area contributed by atoms with Gasteiger partial charge in [0.05, 0.1) is 41.8 Å². The number of aliphatic hydroxyl groups is 2. The predicted octanol–water partition coefficient (Wildman–Crippen LogP) is 5.84. The minimum Gasteiger partial charge on any atom is -0.393 e. The van der Waals surface area contributed by atoms with Gasteiger partial charge in [-0.05, 0) is 31.9 Å². The van der Waals surface area contributed by atoms with Crippen molar-refractivity contribution in [1.82, 2.24) is 9.97 Å². The van der Waals surface area contributed by atoms with Gasteiger partial charge < -0.3 is 15.2 Å². The number of nitrogens with zero attached hydrogens (tertiary/aromatic N) is 4. The van der Waals surface area contributed by atoms with E-state index in [0.717, 1.165) is 16.8 Å². The van der Waals surface area contributed by atoms with E-state index in [-0.39, 0.29) is 32.3 Å². The van der Waals surface area contributed by atoms with Crippen LogP contribution in [0.15, 0.2) is 79.0 Å². The number of aliphatic hydroxyl groups excluding tert-OH is 2. The molecule has 1 radical (unpaired) electrons. The van der Waals surface area contributed by atoms with Crippen molar-refractivity contribution in [2.75, 3.05) is 0 Å². The maximum absolute atomic E-state index is 9.23. The van der Waals surface area contributed by atoms with Crippen molar-refractivity contribution in [3.05, 3.63) is 102 Å². The van der Waals surface area contributed by atoms with Crippen LogP contribution in [0.2, 0.25) is 0 Å². The second-order valence-corrected chi connectivity index (χ2v) is 7.98. The summed E-state index contributed by atoms with van der Waals surface area (Å²) in [7, 11) is 0. The zero-order valence-electron chi connectivity index (χ0n) is 19.9. The summed E-state index contributed by atoms with van der Waals surface area (Å²) in [6.07, 6.45) is 1.37. The average molecular weight is 654 g/mol. The molecule has 2 unspecified atom stereocenters. The number of hydrogen-bond acceptors (Lipinski definition) is 5. The molecule has 0 fully saturated rings. The minimum atomic E-state index is -0.375. The molecule has 36 heavy (non-hydrogen) atoms. The Hall–Kier alpha value is -3.71. The van der Waals surface area contributed by atoms with Crippen LogP contribution in [0.25, 0.3) is 38.6 Å². The first-order chi connectivity index (χ1) is 16.9. The third kappa shape index (κ3) is 7.65. The first kappa shape index (κ1) is 28.5. The molecule has 6 nitrogen and oxygen atoms in total. The van der Waals surface area contributed by atoms with Crippen LogP contribution in [0.3, 0.4) is 0 Å². The van der Waals surface area contributed by atoms with Gasteiger partial charge >= 0.3 is 0 Å². The van der Waals surface area contributed by atoms with Gasteiger partial charge in [-0.25, -0.2) is 4.85 Å². The number of nitriles is 1. The summed E-state index contributed by atoms with van der Waals surface area (Å²) in [6, 6.07) is 27.7. The molecule has 0 amide bonds. The number of benzene rings is 3. The largest absolute Gasteiger partial charge is 0.393 e.